The van der Waals surface area contributed by atoms with E-state index in [-0.39, 0.29) is 17.0 Å². The second-order valence-corrected chi connectivity index (χ2v) is 5.92. The molecule has 0 saturated carbocycles. The smallest absolute Gasteiger partial charge is 0.263 e. The third-order valence-electron chi connectivity index (χ3n) is 4.10. The molecule has 0 aromatic carbocycles. The molecule has 1 amide bonds. The quantitative estimate of drug-likeness (QED) is 0.693. The second-order valence-electron chi connectivity index (χ2n) is 5.92. The van der Waals surface area contributed by atoms with Crippen LogP contribution in [-0.4, -0.2) is 60.1 Å². The number of aromatic nitrogens is 3. The van der Waals surface area contributed by atoms with E-state index >= 15 is 0 Å². The zero-order chi connectivity index (χ0) is 18.4. The zero-order valence-electron chi connectivity index (χ0n) is 14.6. The van der Waals surface area contributed by atoms with Crippen LogP contribution in [0, 0.1) is 0 Å². The summed E-state index contributed by atoms with van der Waals surface area (Å²) in [5.41, 5.74) is 0.800. The lowest BCUT2D eigenvalue weighted by atomic mass is 10.2. The number of rotatable bonds is 6. The first-order chi connectivity index (χ1) is 12.6. The van der Waals surface area contributed by atoms with Crippen LogP contribution in [0.1, 0.15) is 10.4 Å². The molecule has 0 spiro atoms. The second kappa shape index (κ2) is 8.43. The molecule has 0 bridgehead atoms. The molecule has 0 aliphatic carbocycles. The van der Waals surface area contributed by atoms with Gasteiger partial charge >= 0.3 is 0 Å². The van der Waals surface area contributed by atoms with E-state index in [1.54, 1.807) is 25.5 Å². The van der Waals surface area contributed by atoms with E-state index < -0.39 is 0 Å². The van der Waals surface area contributed by atoms with Crippen LogP contribution < -0.4 is 21.1 Å². The average Bonchev–Trinajstić information content (AvgIpc) is 2.68. The van der Waals surface area contributed by atoms with Crippen LogP contribution in [0.2, 0.25) is 0 Å². The van der Waals surface area contributed by atoms with Gasteiger partial charge < -0.3 is 24.8 Å². The largest absolute Gasteiger partial charge is 0.378 e. The van der Waals surface area contributed by atoms with Crippen molar-refractivity contribution in [1.29, 1.82) is 0 Å². The predicted octanol–water partition coefficient (Wildman–Crippen LogP) is -0.146. The molecule has 0 unspecified atom stereocenters. The van der Waals surface area contributed by atoms with Gasteiger partial charge in [0, 0.05) is 45.5 Å². The molecule has 2 aromatic heterocycles. The fourth-order valence-electron chi connectivity index (χ4n) is 2.67. The number of aryl methyl sites for hydroxylation is 1. The highest BCUT2D eigenvalue weighted by atomic mass is 16.5. The minimum absolute atomic E-state index is 0.129. The lowest BCUT2D eigenvalue weighted by Crippen LogP contribution is -2.36. The zero-order valence-corrected chi connectivity index (χ0v) is 14.6. The Morgan fingerprint density at radius 2 is 2.12 bits per heavy atom. The van der Waals surface area contributed by atoms with Crippen LogP contribution >= 0.6 is 0 Å². The number of amides is 1. The summed E-state index contributed by atoms with van der Waals surface area (Å²) < 4.78 is 6.72. The summed E-state index contributed by atoms with van der Waals surface area (Å²) in [4.78, 5) is 26.2. The molecule has 3 rings (SSSR count). The number of nitrogens with zero attached hydrogens (tertiary/aromatic N) is 4. The predicted molar refractivity (Wildman–Crippen MR) is 97.6 cm³/mol. The highest BCUT2D eigenvalue weighted by molar-refractivity contribution is 5.93. The third kappa shape index (κ3) is 4.37. The molecular weight excluding hydrogens is 336 g/mol. The Bertz CT molecular complexity index is 816. The first kappa shape index (κ1) is 17.9. The number of ether oxygens (including phenoxy) is 1. The van der Waals surface area contributed by atoms with Gasteiger partial charge in [-0.3, -0.25) is 9.59 Å². The molecule has 1 saturated heterocycles. The SMILES string of the molecule is Cn1cccc(C(=O)NCCNc2cc(N3CCOCC3)cnn2)c1=O. The van der Waals surface area contributed by atoms with Crippen molar-refractivity contribution in [1.82, 2.24) is 20.1 Å². The average molecular weight is 358 g/mol. The first-order valence-electron chi connectivity index (χ1n) is 8.48. The normalized spacial score (nSPS) is 14.1. The summed E-state index contributed by atoms with van der Waals surface area (Å²) in [5, 5.41) is 13.9. The number of carbonyl (C=O) groups is 1. The van der Waals surface area contributed by atoms with Crippen molar-refractivity contribution in [2.24, 2.45) is 7.05 Å². The minimum atomic E-state index is -0.388. The van der Waals surface area contributed by atoms with Gasteiger partial charge in [-0.25, -0.2) is 0 Å². The maximum atomic E-state index is 12.1. The van der Waals surface area contributed by atoms with E-state index in [9.17, 15) is 9.59 Å². The molecule has 9 heteroatoms. The number of carbonyl (C=O) groups excluding carboxylic acids is 1. The van der Waals surface area contributed by atoms with Crippen molar-refractivity contribution in [3.8, 4) is 0 Å². The van der Waals surface area contributed by atoms with Crippen molar-refractivity contribution >= 4 is 17.4 Å². The number of morpholine rings is 1. The van der Waals surface area contributed by atoms with Crippen molar-refractivity contribution in [2.75, 3.05) is 49.6 Å². The monoisotopic (exact) mass is 358 g/mol. The van der Waals surface area contributed by atoms with Gasteiger partial charge in [-0.1, -0.05) is 0 Å². The number of nitrogens with one attached hydrogen (secondary N) is 2. The molecule has 2 aromatic rings. The molecule has 138 valence electrons. The Morgan fingerprint density at radius 1 is 1.31 bits per heavy atom. The van der Waals surface area contributed by atoms with Gasteiger partial charge in [0.2, 0.25) is 0 Å². The van der Waals surface area contributed by atoms with Gasteiger partial charge in [0.15, 0.2) is 5.82 Å². The topological polar surface area (TPSA) is 101 Å². The Hall–Kier alpha value is -2.94. The van der Waals surface area contributed by atoms with Crippen molar-refractivity contribution in [3.05, 3.63) is 46.5 Å². The Kier molecular flexibility index (Phi) is 5.80. The maximum Gasteiger partial charge on any atom is 0.263 e. The number of pyridine rings is 1. The van der Waals surface area contributed by atoms with Crippen molar-refractivity contribution in [3.63, 3.8) is 0 Å². The first-order valence-corrected chi connectivity index (χ1v) is 8.48. The van der Waals surface area contributed by atoms with E-state index in [1.165, 1.54) is 10.6 Å². The fraction of sp³-hybridized carbons (Fsp3) is 0.412. The highest BCUT2D eigenvalue weighted by Gasteiger charge is 2.13. The summed E-state index contributed by atoms with van der Waals surface area (Å²) >= 11 is 0. The molecule has 1 aliphatic heterocycles. The van der Waals surface area contributed by atoms with E-state index in [0.29, 0.717) is 32.1 Å². The highest BCUT2D eigenvalue weighted by Crippen LogP contribution is 2.16. The van der Waals surface area contributed by atoms with Crippen LogP contribution in [-0.2, 0) is 11.8 Å². The van der Waals surface area contributed by atoms with E-state index in [2.05, 4.69) is 25.7 Å². The minimum Gasteiger partial charge on any atom is -0.378 e. The van der Waals surface area contributed by atoms with Gasteiger partial charge in [-0.2, -0.15) is 5.10 Å². The summed E-state index contributed by atoms with van der Waals surface area (Å²) in [5.74, 6) is 0.250. The van der Waals surface area contributed by atoms with Crippen LogP contribution in [0.4, 0.5) is 11.5 Å². The number of anilines is 2. The van der Waals surface area contributed by atoms with Gasteiger partial charge in [-0.05, 0) is 12.1 Å². The van der Waals surface area contributed by atoms with Crippen molar-refractivity contribution < 1.29 is 9.53 Å². The summed E-state index contributed by atoms with van der Waals surface area (Å²) in [7, 11) is 1.61. The van der Waals surface area contributed by atoms with Crippen LogP contribution in [0.3, 0.4) is 0 Å². The Morgan fingerprint density at radius 3 is 2.92 bits per heavy atom. The van der Waals surface area contributed by atoms with Gasteiger partial charge in [-0.15, -0.1) is 5.10 Å². The van der Waals surface area contributed by atoms with Gasteiger partial charge in [0.05, 0.1) is 25.1 Å². The molecular formula is C17H22N6O3. The molecule has 1 aliphatic rings. The Labute approximate surface area is 151 Å². The van der Waals surface area contributed by atoms with Gasteiger partial charge in [0.25, 0.3) is 11.5 Å². The summed E-state index contributed by atoms with van der Waals surface area (Å²) in [6, 6.07) is 5.11. The molecule has 0 radical (unpaired) electrons. The summed E-state index contributed by atoms with van der Waals surface area (Å²) in [6.45, 7) is 3.90. The van der Waals surface area contributed by atoms with E-state index in [1.807, 2.05) is 6.07 Å². The van der Waals surface area contributed by atoms with Crippen LogP contribution in [0.25, 0.3) is 0 Å². The number of hydrogen-bond donors (Lipinski definition) is 2. The van der Waals surface area contributed by atoms with E-state index in [0.717, 1.165) is 18.8 Å². The fourth-order valence-corrected chi connectivity index (χ4v) is 2.67. The summed E-state index contributed by atoms with van der Waals surface area (Å²) in [6.07, 6.45) is 3.34. The molecule has 26 heavy (non-hydrogen) atoms. The van der Waals surface area contributed by atoms with Gasteiger partial charge in [0.1, 0.15) is 5.56 Å². The van der Waals surface area contributed by atoms with Crippen molar-refractivity contribution in [2.45, 2.75) is 0 Å². The van der Waals surface area contributed by atoms with Crippen LogP contribution in [0.5, 0.6) is 0 Å². The number of hydrogen-bond acceptors (Lipinski definition) is 7. The molecule has 0 atom stereocenters. The third-order valence-corrected chi connectivity index (χ3v) is 4.10. The Balaban J connectivity index is 1.50. The van der Waals surface area contributed by atoms with E-state index in [4.69, 9.17) is 4.74 Å². The lowest BCUT2D eigenvalue weighted by Gasteiger charge is -2.28. The standard InChI is InChI=1S/C17H22N6O3/c1-22-6-2-3-14(17(22)25)16(24)19-5-4-18-15-11-13(12-20-21-15)23-7-9-26-10-8-23/h2-3,6,11-12H,4-5,7-10H2,1H3,(H,18,21)(H,19,24). The van der Waals surface area contributed by atoms with Crippen LogP contribution in [0.15, 0.2) is 35.4 Å². The maximum absolute atomic E-state index is 12.1. The molecule has 2 N–H and O–H groups in total. The lowest BCUT2D eigenvalue weighted by molar-refractivity contribution is 0.0953. The molecule has 9 nitrogen and oxygen atoms in total. The molecule has 1 fully saturated rings. The molecule has 3 heterocycles.